The number of alkyl halides is 7. The van der Waals surface area contributed by atoms with E-state index in [-0.39, 0.29) is 6.92 Å². The minimum Gasteiger partial charge on any atom is -0.427 e. The molecular weight excluding hydrogens is 467 g/mol. The van der Waals surface area contributed by atoms with Gasteiger partial charge in [-0.25, -0.2) is 0 Å². The fourth-order valence-electron chi connectivity index (χ4n) is 2.57. The van der Waals surface area contributed by atoms with Crippen LogP contribution in [-0.4, -0.2) is 42.8 Å². The molecule has 0 atom stereocenters. The maximum atomic E-state index is 13.6. The van der Waals surface area contributed by atoms with Crippen molar-refractivity contribution in [2.75, 3.05) is 0 Å². The van der Waals surface area contributed by atoms with Gasteiger partial charge in [0.15, 0.2) is 0 Å². The molecule has 0 unspecified atom stereocenters. The molecule has 0 saturated heterocycles. The van der Waals surface area contributed by atoms with E-state index in [4.69, 9.17) is 0 Å². The van der Waals surface area contributed by atoms with Crippen LogP contribution in [-0.2, 0) is 14.4 Å². The molecule has 2 amide bonds. The molecule has 0 saturated carbocycles. The van der Waals surface area contributed by atoms with Gasteiger partial charge < -0.3 is 4.74 Å². The average molecular weight is 475 g/mol. The van der Waals surface area contributed by atoms with Gasteiger partial charge in [0.1, 0.15) is 5.75 Å². The molecule has 0 bridgehead atoms. The van der Waals surface area contributed by atoms with Crippen LogP contribution in [0.4, 0.5) is 30.7 Å². The van der Waals surface area contributed by atoms with Gasteiger partial charge in [-0.3, -0.25) is 9.59 Å². The number of benzene rings is 2. The molecule has 1 heterocycles. The van der Waals surface area contributed by atoms with E-state index in [1.54, 1.807) is 0 Å². The number of imide groups is 1. The minimum absolute atomic E-state index is 0.110. The van der Waals surface area contributed by atoms with Crippen molar-refractivity contribution in [1.29, 1.82) is 0 Å². The van der Waals surface area contributed by atoms with Crippen LogP contribution < -0.4 is 4.74 Å². The van der Waals surface area contributed by atoms with Gasteiger partial charge >= 0.3 is 27.7 Å². The highest BCUT2D eigenvalue weighted by atomic mass is 32.2. The summed E-state index contributed by atoms with van der Waals surface area (Å²) < 4.78 is 121. The van der Waals surface area contributed by atoms with Gasteiger partial charge in [-0.1, -0.05) is 12.1 Å². The van der Waals surface area contributed by atoms with Crippen molar-refractivity contribution in [2.45, 2.75) is 24.5 Å². The van der Waals surface area contributed by atoms with Crippen LogP contribution in [0.2, 0.25) is 0 Å². The molecule has 0 radical (unpaired) electrons. The number of ether oxygens (including phenoxy) is 1. The molecule has 1 aliphatic rings. The summed E-state index contributed by atoms with van der Waals surface area (Å²) in [6.07, 6.45) is -4.99. The van der Waals surface area contributed by atoms with Crippen molar-refractivity contribution in [1.82, 2.24) is 5.06 Å². The van der Waals surface area contributed by atoms with Crippen molar-refractivity contribution in [2.24, 2.45) is 0 Å². The van der Waals surface area contributed by atoms with Crippen LogP contribution in [0, 0.1) is 0 Å². The van der Waals surface area contributed by atoms with E-state index in [1.165, 1.54) is 0 Å². The lowest BCUT2D eigenvalue weighted by Gasteiger charge is -2.27. The summed E-state index contributed by atoms with van der Waals surface area (Å²) in [5.74, 6) is -8.82. The van der Waals surface area contributed by atoms with Crippen molar-refractivity contribution in [3.8, 4) is 5.75 Å². The Labute approximate surface area is 168 Å². The highest BCUT2D eigenvalue weighted by Crippen LogP contribution is 2.41. The molecule has 31 heavy (non-hydrogen) atoms. The summed E-state index contributed by atoms with van der Waals surface area (Å²) in [6.45, 7) is -0.110. The molecule has 1 aliphatic heterocycles. The van der Waals surface area contributed by atoms with E-state index in [9.17, 15) is 48.7 Å². The number of hydroxylamine groups is 2. The van der Waals surface area contributed by atoms with Gasteiger partial charge in [0.05, 0.1) is 11.1 Å². The van der Waals surface area contributed by atoms with Crippen molar-refractivity contribution in [3.63, 3.8) is 0 Å². The van der Waals surface area contributed by atoms with Crippen LogP contribution in [0.25, 0.3) is 10.8 Å². The van der Waals surface area contributed by atoms with Crippen LogP contribution >= 0.6 is 0 Å². The zero-order chi connectivity index (χ0) is 23.6. The normalized spacial score (nSPS) is 15.5. The molecule has 2 aromatic carbocycles. The van der Waals surface area contributed by atoms with Crippen LogP contribution in [0.3, 0.4) is 0 Å². The predicted octanol–water partition coefficient (Wildman–Crippen LogP) is 3.84. The standard InChI is InChI=1S/C16H8F7NO6S/c1-14(17,18)15(19,20)29-10-6-5-9-11-7(10)3-2-4-8(11)12(25)24(13(9)26)30-31(27,28)16(21,22)23/h2-6H,1H3. The Morgan fingerprint density at radius 3 is 1.94 bits per heavy atom. The van der Waals surface area contributed by atoms with E-state index in [0.717, 1.165) is 18.2 Å². The largest absolute Gasteiger partial charge is 0.525 e. The first-order valence-electron chi connectivity index (χ1n) is 7.88. The molecule has 0 N–H and O–H groups in total. The quantitative estimate of drug-likeness (QED) is 0.371. The van der Waals surface area contributed by atoms with Crippen molar-refractivity contribution >= 4 is 32.7 Å². The second-order valence-electron chi connectivity index (χ2n) is 6.23. The lowest BCUT2D eigenvalue weighted by atomic mass is 9.94. The summed E-state index contributed by atoms with van der Waals surface area (Å²) in [6, 6.07) is 4.26. The van der Waals surface area contributed by atoms with Gasteiger partial charge in [0, 0.05) is 17.7 Å². The first kappa shape index (κ1) is 22.7. The molecule has 7 nitrogen and oxygen atoms in total. The maximum Gasteiger partial charge on any atom is 0.525 e. The summed E-state index contributed by atoms with van der Waals surface area (Å²) >= 11 is 0. The number of amides is 2. The van der Waals surface area contributed by atoms with E-state index in [2.05, 4.69) is 9.02 Å². The Bertz CT molecular complexity index is 1180. The number of hydrogen-bond acceptors (Lipinski definition) is 6. The summed E-state index contributed by atoms with van der Waals surface area (Å²) in [5, 5.41) is -1.52. The van der Waals surface area contributed by atoms with E-state index < -0.39 is 72.2 Å². The van der Waals surface area contributed by atoms with Gasteiger partial charge in [-0.2, -0.15) is 39.2 Å². The van der Waals surface area contributed by atoms with E-state index >= 15 is 0 Å². The average Bonchev–Trinajstić information content (AvgIpc) is 2.62. The van der Waals surface area contributed by atoms with Gasteiger partial charge in [0.25, 0.3) is 11.8 Å². The van der Waals surface area contributed by atoms with Crippen molar-refractivity contribution < 1.29 is 57.8 Å². The Morgan fingerprint density at radius 2 is 1.42 bits per heavy atom. The fourth-order valence-corrected chi connectivity index (χ4v) is 2.99. The first-order chi connectivity index (χ1) is 14.0. The van der Waals surface area contributed by atoms with Gasteiger partial charge in [-0.05, 0) is 18.2 Å². The Kier molecular flexibility index (Phi) is 4.97. The van der Waals surface area contributed by atoms with Crippen LogP contribution in [0.5, 0.6) is 5.75 Å². The number of carbonyl (C=O) groups excluding carboxylic acids is 2. The third-order valence-corrected chi connectivity index (χ3v) is 4.95. The molecule has 0 aliphatic carbocycles. The molecule has 168 valence electrons. The highest BCUT2D eigenvalue weighted by Gasteiger charge is 2.56. The lowest BCUT2D eigenvalue weighted by Crippen LogP contribution is -2.44. The SMILES string of the molecule is CC(F)(F)C(F)(F)Oc1ccc2c3c(cccc13)C(=O)N(OS(=O)(=O)C(F)(F)F)C2=O. The fraction of sp³-hybridized carbons (Fsp3) is 0.250. The lowest BCUT2D eigenvalue weighted by molar-refractivity contribution is -0.301. The zero-order valence-corrected chi connectivity index (χ0v) is 15.7. The molecule has 15 heteroatoms. The zero-order valence-electron chi connectivity index (χ0n) is 14.8. The summed E-state index contributed by atoms with van der Waals surface area (Å²) in [5.41, 5.74) is -7.21. The van der Waals surface area contributed by atoms with Crippen LogP contribution in [0.1, 0.15) is 27.6 Å². The summed E-state index contributed by atoms with van der Waals surface area (Å²) in [7, 11) is -6.41. The second-order valence-corrected chi connectivity index (χ2v) is 7.75. The third-order valence-electron chi connectivity index (χ3n) is 4.04. The van der Waals surface area contributed by atoms with Gasteiger partial charge in [-0.15, -0.1) is 9.35 Å². The van der Waals surface area contributed by atoms with Gasteiger partial charge in [0.2, 0.25) is 0 Å². The Hall–Kier alpha value is -2.94. The maximum absolute atomic E-state index is 13.6. The first-order valence-corrected chi connectivity index (χ1v) is 9.29. The predicted molar refractivity (Wildman–Crippen MR) is 86.7 cm³/mol. The Balaban J connectivity index is 2.13. The minimum atomic E-state index is -6.41. The summed E-state index contributed by atoms with van der Waals surface area (Å²) in [4.78, 5) is 24.8. The monoisotopic (exact) mass is 475 g/mol. The number of halogens is 7. The van der Waals surface area contributed by atoms with Crippen LogP contribution in [0.15, 0.2) is 30.3 Å². The smallest absolute Gasteiger partial charge is 0.427 e. The van der Waals surface area contributed by atoms with E-state index in [1.807, 2.05) is 0 Å². The number of hydrogen-bond donors (Lipinski definition) is 0. The van der Waals surface area contributed by atoms with Crippen molar-refractivity contribution in [3.05, 3.63) is 41.5 Å². The second kappa shape index (κ2) is 6.78. The topological polar surface area (TPSA) is 90.0 Å². The Morgan fingerprint density at radius 1 is 0.871 bits per heavy atom. The third kappa shape index (κ3) is 3.67. The molecule has 0 spiro atoms. The molecule has 0 aromatic heterocycles. The molecular formula is C16H8F7NO6S. The van der Waals surface area contributed by atoms with E-state index in [0.29, 0.717) is 12.1 Å². The molecule has 2 aromatic rings. The number of rotatable bonds is 5. The highest BCUT2D eigenvalue weighted by molar-refractivity contribution is 7.87. The molecule has 3 rings (SSSR count). The molecule has 0 fully saturated rings. The number of carbonyl (C=O) groups is 2. The number of nitrogens with zero attached hydrogens (tertiary/aromatic N) is 1.